The highest BCUT2D eigenvalue weighted by Gasteiger charge is 2.25. The van der Waals surface area contributed by atoms with Crippen molar-refractivity contribution < 1.29 is 10.2 Å². The number of hydrogen-bond acceptors (Lipinski definition) is 4. The molecule has 19 heavy (non-hydrogen) atoms. The van der Waals surface area contributed by atoms with Crippen molar-refractivity contribution in [1.29, 1.82) is 5.26 Å². The molecular weight excluding hydrogens is 308 g/mol. The molecule has 0 unspecified atom stereocenters. The van der Waals surface area contributed by atoms with Crippen LogP contribution in [0.4, 0.5) is 0 Å². The van der Waals surface area contributed by atoms with Gasteiger partial charge in [-0.15, -0.1) is 6.58 Å². The van der Waals surface area contributed by atoms with Gasteiger partial charge in [0.1, 0.15) is 0 Å². The van der Waals surface area contributed by atoms with E-state index in [0.717, 1.165) is 4.47 Å². The molecule has 5 heteroatoms. The molecule has 0 bridgehead atoms. The van der Waals surface area contributed by atoms with Gasteiger partial charge >= 0.3 is 0 Å². The largest absolute Gasteiger partial charge is 0.395 e. The molecule has 0 aliphatic rings. The first-order valence-electron chi connectivity index (χ1n) is 5.90. The Hall–Kier alpha value is -1.19. The van der Waals surface area contributed by atoms with Gasteiger partial charge in [0, 0.05) is 11.0 Å². The zero-order chi connectivity index (χ0) is 14.3. The topological polar surface area (TPSA) is 67.5 Å². The zero-order valence-electron chi connectivity index (χ0n) is 10.5. The summed E-state index contributed by atoms with van der Waals surface area (Å²) in [4.78, 5) is 1.69. The second kappa shape index (κ2) is 8.08. The van der Waals surface area contributed by atoms with E-state index in [1.165, 1.54) is 0 Å². The predicted octanol–water partition coefficient (Wildman–Crippen LogP) is 1.85. The number of nitriles is 1. The van der Waals surface area contributed by atoms with Crippen LogP contribution in [0.2, 0.25) is 0 Å². The highest BCUT2D eigenvalue weighted by Crippen LogP contribution is 2.22. The highest BCUT2D eigenvalue weighted by atomic mass is 79.9. The number of benzene rings is 1. The van der Waals surface area contributed by atoms with E-state index >= 15 is 0 Å². The standard InChI is InChI=1S/C14H17BrN2O2/c1-2-8-17(9-7-16)13(10-18)14(19)11-3-5-12(15)6-4-11/h2-6,13-14,18-19H,1,8-10H2/t13-,14+/m1/s1. The van der Waals surface area contributed by atoms with Crippen molar-refractivity contribution in [2.45, 2.75) is 12.1 Å². The lowest BCUT2D eigenvalue weighted by Crippen LogP contribution is -2.42. The van der Waals surface area contributed by atoms with E-state index < -0.39 is 12.1 Å². The SMILES string of the molecule is C=CCN(CC#N)[C@H](CO)[C@@H](O)c1ccc(Br)cc1. The molecule has 0 aliphatic heterocycles. The smallest absolute Gasteiger partial charge is 0.0968 e. The molecule has 0 aromatic heterocycles. The Kier molecular flexibility index (Phi) is 6.74. The third-order valence-corrected chi connectivity index (χ3v) is 3.40. The summed E-state index contributed by atoms with van der Waals surface area (Å²) in [5, 5.41) is 28.6. The third kappa shape index (κ3) is 4.44. The highest BCUT2D eigenvalue weighted by molar-refractivity contribution is 9.10. The maximum atomic E-state index is 10.3. The van der Waals surface area contributed by atoms with Crippen molar-refractivity contribution in [3.63, 3.8) is 0 Å². The molecule has 2 N–H and O–H groups in total. The quantitative estimate of drug-likeness (QED) is 0.593. The molecule has 0 aliphatic carbocycles. The van der Waals surface area contributed by atoms with Crippen LogP contribution in [-0.2, 0) is 0 Å². The van der Waals surface area contributed by atoms with Crippen molar-refractivity contribution in [2.24, 2.45) is 0 Å². The summed E-state index contributed by atoms with van der Waals surface area (Å²) in [7, 11) is 0. The van der Waals surface area contributed by atoms with Crippen LogP contribution >= 0.6 is 15.9 Å². The van der Waals surface area contributed by atoms with Crippen molar-refractivity contribution in [1.82, 2.24) is 4.90 Å². The number of aliphatic hydroxyl groups excluding tert-OH is 2. The van der Waals surface area contributed by atoms with Gasteiger partial charge in [-0.25, -0.2) is 0 Å². The van der Waals surface area contributed by atoms with Gasteiger partial charge in [0.15, 0.2) is 0 Å². The maximum Gasteiger partial charge on any atom is 0.0968 e. The molecule has 1 aromatic rings. The normalized spacial score (nSPS) is 13.8. The molecule has 0 heterocycles. The van der Waals surface area contributed by atoms with E-state index in [-0.39, 0.29) is 13.2 Å². The zero-order valence-corrected chi connectivity index (χ0v) is 12.1. The first-order chi connectivity index (χ1) is 9.13. The van der Waals surface area contributed by atoms with E-state index in [4.69, 9.17) is 5.26 Å². The molecular formula is C14H17BrN2O2. The summed E-state index contributed by atoms with van der Waals surface area (Å²) in [6.45, 7) is 3.96. The van der Waals surface area contributed by atoms with Crippen LogP contribution in [0.15, 0.2) is 41.4 Å². The van der Waals surface area contributed by atoms with Crippen molar-refractivity contribution in [2.75, 3.05) is 19.7 Å². The predicted molar refractivity (Wildman–Crippen MR) is 77.4 cm³/mol. The van der Waals surface area contributed by atoms with Crippen LogP contribution in [0.1, 0.15) is 11.7 Å². The van der Waals surface area contributed by atoms with Crippen molar-refractivity contribution >= 4 is 15.9 Å². The summed E-state index contributed by atoms with van der Waals surface area (Å²) < 4.78 is 0.920. The summed E-state index contributed by atoms with van der Waals surface area (Å²) in [5.41, 5.74) is 0.703. The van der Waals surface area contributed by atoms with Crippen molar-refractivity contribution in [3.8, 4) is 6.07 Å². The monoisotopic (exact) mass is 324 g/mol. The molecule has 0 amide bonds. The Bertz CT molecular complexity index is 442. The Labute approximate surface area is 121 Å². The first kappa shape index (κ1) is 15.9. The Morgan fingerprint density at radius 1 is 1.42 bits per heavy atom. The molecule has 0 saturated heterocycles. The van der Waals surface area contributed by atoms with Crippen LogP contribution in [0, 0.1) is 11.3 Å². The molecule has 2 atom stereocenters. The second-order valence-electron chi connectivity index (χ2n) is 4.12. The molecule has 0 fully saturated rings. The minimum atomic E-state index is -0.855. The summed E-state index contributed by atoms with van der Waals surface area (Å²) in [6, 6.07) is 8.73. The minimum Gasteiger partial charge on any atom is -0.395 e. The van der Waals surface area contributed by atoms with E-state index in [9.17, 15) is 10.2 Å². The van der Waals surface area contributed by atoms with Crippen LogP contribution in [0.25, 0.3) is 0 Å². The number of aliphatic hydroxyl groups is 2. The maximum absolute atomic E-state index is 10.3. The lowest BCUT2D eigenvalue weighted by molar-refractivity contribution is 0.0262. The average Bonchev–Trinajstić information content (AvgIpc) is 2.40. The summed E-state index contributed by atoms with van der Waals surface area (Å²) >= 11 is 3.33. The van der Waals surface area contributed by atoms with Gasteiger partial charge in [-0.3, -0.25) is 4.90 Å². The summed E-state index contributed by atoms with van der Waals surface area (Å²) in [5.74, 6) is 0. The Balaban J connectivity index is 2.90. The van der Waals surface area contributed by atoms with Gasteiger partial charge in [-0.1, -0.05) is 34.1 Å². The first-order valence-corrected chi connectivity index (χ1v) is 6.69. The van der Waals surface area contributed by atoms with E-state index in [2.05, 4.69) is 22.5 Å². The van der Waals surface area contributed by atoms with Gasteiger partial charge < -0.3 is 10.2 Å². The number of halogens is 1. The van der Waals surface area contributed by atoms with E-state index in [0.29, 0.717) is 12.1 Å². The molecule has 0 spiro atoms. The minimum absolute atomic E-state index is 0.130. The number of nitrogens with zero attached hydrogens (tertiary/aromatic N) is 2. The average molecular weight is 325 g/mol. The Morgan fingerprint density at radius 2 is 2.05 bits per heavy atom. The molecule has 4 nitrogen and oxygen atoms in total. The van der Waals surface area contributed by atoms with Crippen molar-refractivity contribution in [3.05, 3.63) is 47.0 Å². The van der Waals surface area contributed by atoms with E-state index in [1.807, 2.05) is 18.2 Å². The van der Waals surface area contributed by atoms with Crippen LogP contribution in [-0.4, -0.2) is 40.9 Å². The number of rotatable bonds is 7. The van der Waals surface area contributed by atoms with Crippen LogP contribution in [0.5, 0.6) is 0 Å². The second-order valence-corrected chi connectivity index (χ2v) is 5.04. The molecule has 102 valence electrons. The fourth-order valence-electron chi connectivity index (χ4n) is 1.87. The Morgan fingerprint density at radius 3 is 2.53 bits per heavy atom. The lowest BCUT2D eigenvalue weighted by Gasteiger charge is -2.31. The van der Waals surface area contributed by atoms with Gasteiger partial charge in [-0.05, 0) is 17.7 Å². The molecule has 1 aromatic carbocycles. The third-order valence-electron chi connectivity index (χ3n) is 2.87. The van der Waals surface area contributed by atoms with Gasteiger partial charge in [0.2, 0.25) is 0 Å². The fourth-order valence-corrected chi connectivity index (χ4v) is 2.14. The van der Waals surface area contributed by atoms with Crippen LogP contribution < -0.4 is 0 Å². The molecule has 0 radical (unpaired) electrons. The molecule has 0 saturated carbocycles. The van der Waals surface area contributed by atoms with Gasteiger partial charge in [-0.2, -0.15) is 5.26 Å². The van der Waals surface area contributed by atoms with E-state index in [1.54, 1.807) is 23.1 Å². The summed E-state index contributed by atoms with van der Waals surface area (Å²) in [6.07, 6.45) is 0.792. The van der Waals surface area contributed by atoms with Gasteiger partial charge in [0.05, 0.1) is 31.4 Å². The fraction of sp³-hybridized carbons (Fsp3) is 0.357. The number of hydrogen-bond donors (Lipinski definition) is 2. The lowest BCUT2D eigenvalue weighted by atomic mass is 10.0. The van der Waals surface area contributed by atoms with Gasteiger partial charge in [0.25, 0.3) is 0 Å². The van der Waals surface area contributed by atoms with Crippen LogP contribution in [0.3, 0.4) is 0 Å². The molecule has 1 rings (SSSR count).